The van der Waals surface area contributed by atoms with E-state index in [-0.39, 0.29) is 18.5 Å². The van der Waals surface area contributed by atoms with Crippen molar-refractivity contribution in [1.82, 2.24) is 9.97 Å². The Morgan fingerprint density at radius 2 is 2.00 bits per heavy atom. The first kappa shape index (κ1) is 17.6. The topological polar surface area (TPSA) is 128 Å². The zero-order chi connectivity index (χ0) is 16.0. The largest absolute Gasteiger partial charge is 0.434 e. The zero-order valence-corrected chi connectivity index (χ0v) is 11.0. The van der Waals surface area contributed by atoms with E-state index in [1.807, 2.05) is 0 Å². The summed E-state index contributed by atoms with van der Waals surface area (Å²) >= 11 is 0. The monoisotopic (exact) mass is 310 g/mol. The van der Waals surface area contributed by atoms with Crippen molar-refractivity contribution in [3.05, 3.63) is 18.1 Å². The number of nitrogens with two attached hydrogens (primary N) is 2. The lowest BCUT2D eigenvalue weighted by Gasteiger charge is -2.30. The maximum Gasteiger partial charge on any atom is 0.434 e. The number of rotatable bonds is 1. The first-order valence-electron chi connectivity index (χ1n) is 6.08. The molecule has 7 nitrogen and oxygen atoms in total. The van der Waals surface area contributed by atoms with E-state index in [1.165, 1.54) is 0 Å². The number of nitrogens with zero attached hydrogens (tertiary/aromatic N) is 2. The first-order chi connectivity index (χ1) is 9.75. The molecule has 2 heterocycles. The minimum atomic E-state index is -4.47. The molecule has 1 aliphatic heterocycles. The summed E-state index contributed by atoms with van der Waals surface area (Å²) in [6.07, 6.45) is -4.16. The van der Waals surface area contributed by atoms with Crippen LogP contribution in [0.5, 0.6) is 0 Å². The highest BCUT2D eigenvalue weighted by molar-refractivity contribution is 5.24. The average Bonchev–Trinajstić information content (AvgIpc) is 2.42. The number of aromatic nitrogens is 2. The predicted octanol–water partition coefficient (Wildman–Crippen LogP) is -0.467. The number of hydrogen-bond donors (Lipinski definition) is 4. The molecule has 2 rings (SSSR count). The molecule has 1 aliphatic rings. The third kappa shape index (κ3) is 5.42. The van der Waals surface area contributed by atoms with Crippen LogP contribution in [0.25, 0.3) is 0 Å². The molecule has 0 aromatic carbocycles. The molecule has 1 aromatic heterocycles. The normalized spacial score (nSPS) is 25.9. The van der Waals surface area contributed by atoms with E-state index in [0.29, 0.717) is 19.2 Å². The van der Waals surface area contributed by atoms with Crippen molar-refractivity contribution in [3.63, 3.8) is 0 Å². The highest BCUT2D eigenvalue weighted by Crippen LogP contribution is 2.26. The number of anilines is 1. The van der Waals surface area contributed by atoms with Crippen molar-refractivity contribution >= 4 is 5.82 Å². The Hall–Kier alpha value is -1.49. The number of aliphatic hydroxyl groups is 2. The predicted molar refractivity (Wildman–Crippen MR) is 66.9 cm³/mol. The molecule has 6 N–H and O–H groups in total. The molecule has 21 heavy (non-hydrogen) atoms. The van der Waals surface area contributed by atoms with Crippen LogP contribution in [-0.4, -0.2) is 51.6 Å². The Balaban J connectivity index is 0.000000211. The fraction of sp³-hybridized carbons (Fsp3) is 0.636. The molecule has 0 bridgehead atoms. The van der Waals surface area contributed by atoms with Crippen LogP contribution in [0.2, 0.25) is 0 Å². The molecular weight excluding hydrogens is 293 g/mol. The van der Waals surface area contributed by atoms with E-state index in [2.05, 4.69) is 9.97 Å². The lowest BCUT2D eigenvalue weighted by Crippen LogP contribution is -2.47. The van der Waals surface area contributed by atoms with E-state index in [1.54, 1.807) is 0 Å². The molecule has 0 saturated carbocycles. The van der Waals surface area contributed by atoms with Gasteiger partial charge in [-0.2, -0.15) is 13.2 Å². The SMILES string of the molecule is NCC1OCCC(O)C1O.Nc1cncc(C(F)(F)F)n1. The van der Waals surface area contributed by atoms with Crippen molar-refractivity contribution in [1.29, 1.82) is 0 Å². The third-order valence-corrected chi connectivity index (χ3v) is 2.70. The van der Waals surface area contributed by atoms with Crippen LogP contribution in [0.15, 0.2) is 12.4 Å². The molecule has 0 radical (unpaired) electrons. The molecule has 0 aliphatic carbocycles. The summed E-state index contributed by atoms with van der Waals surface area (Å²) in [6.45, 7) is 0.748. The highest BCUT2D eigenvalue weighted by atomic mass is 19.4. The van der Waals surface area contributed by atoms with Gasteiger partial charge in [0, 0.05) is 13.2 Å². The summed E-state index contributed by atoms with van der Waals surface area (Å²) < 4.78 is 40.5. The quantitative estimate of drug-likeness (QED) is 0.552. The summed E-state index contributed by atoms with van der Waals surface area (Å²) in [4.78, 5) is 6.28. The molecule has 120 valence electrons. The molecule has 1 fully saturated rings. The third-order valence-electron chi connectivity index (χ3n) is 2.70. The molecule has 0 amide bonds. The Kier molecular flexibility index (Phi) is 6.27. The van der Waals surface area contributed by atoms with Gasteiger partial charge in [-0.25, -0.2) is 4.98 Å². The smallest absolute Gasteiger partial charge is 0.390 e. The maximum atomic E-state index is 11.8. The van der Waals surface area contributed by atoms with Gasteiger partial charge in [-0.15, -0.1) is 0 Å². The number of ether oxygens (including phenoxy) is 1. The number of alkyl halides is 3. The molecule has 3 atom stereocenters. The maximum absolute atomic E-state index is 11.8. The summed E-state index contributed by atoms with van der Waals surface area (Å²) in [7, 11) is 0. The number of hydrogen-bond acceptors (Lipinski definition) is 7. The van der Waals surface area contributed by atoms with Gasteiger partial charge >= 0.3 is 6.18 Å². The Morgan fingerprint density at radius 1 is 1.33 bits per heavy atom. The van der Waals surface area contributed by atoms with E-state index < -0.39 is 24.1 Å². The Labute approximate surface area is 118 Å². The van der Waals surface area contributed by atoms with Gasteiger partial charge in [0.15, 0.2) is 5.69 Å². The minimum absolute atomic E-state index is 0.236. The molecular formula is C11H17F3N4O3. The van der Waals surface area contributed by atoms with Crippen molar-refractivity contribution in [3.8, 4) is 0 Å². The van der Waals surface area contributed by atoms with Gasteiger partial charge in [-0.3, -0.25) is 4.98 Å². The molecule has 0 spiro atoms. The van der Waals surface area contributed by atoms with E-state index in [0.717, 1.165) is 6.20 Å². The minimum Gasteiger partial charge on any atom is -0.390 e. The van der Waals surface area contributed by atoms with Gasteiger partial charge in [0.05, 0.1) is 24.6 Å². The summed E-state index contributed by atoms with van der Waals surface area (Å²) in [5, 5.41) is 18.3. The fourth-order valence-corrected chi connectivity index (χ4v) is 1.58. The van der Waals surface area contributed by atoms with Gasteiger partial charge in [-0.05, 0) is 6.42 Å². The summed E-state index contributed by atoms with van der Waals surface area (Å²) in [5.74, 6) is -0.236. The van der Waals surface area contributed by atoms with E-state index >= 15 is 0 Å². The second-order valence-corrected chi connectivity index (χ2v) is 4.32. The number of halogens is 3. The van der Waals surface area contributed by atoms with Crippen molar-refractivity contribution in [2.24, 2.45) is 5.73 Å². The fourth-order valence-electron chi connectivity index (χ4n) is 1.58. The van der Waals surface area contributed by atoms with Gasteiger partial charge in [-0.1, -0.05) is 0 Å². The second kappa shape index (κ2) is 7.50. The van der Waals surface area contributed by atoms with Crippen LogP contribution >= 0.6 is 0 Å². The lowest BCUT2D eigenvalue weighted by molar-refractivity contribution is -0.141. The van der Waals surface area contributed by atoms with Crippen molar-refractivity contribution in [2.45, 2.75) is 30.9 Å². The van der Waals surface area contributed by atoms with E-state index in [9.17, 15) is 18.3 Å². The summed E-state index contributed by atoms with van der Waals surface area (Å²) in [6, 6.07) is 0. The lowest BCUT2D eigenvalue weighted by atomic mass is 10.0. The molecule has 10 heteroatoms. The van der Waals surface area contributed by atoms with Crippen LogP contribution < -0.4 is 11.5 Å². The van der Waals surface area contributed by atoms with Crippen LogP contribution in [0, 0.1) is 0 Å². The van der Waals surface area contributed by atoms with Crippen LogP contribution in [-0.2, 0) is 10.9 Å². The number of nitrogen functional groups attached to an aromatic ring is 1. The van der Waals surface area contributed by atoms with E-state index in [4.69, 9.17) is 21.3 Å². The Bertz CT molecular complexity index is 447. The van der Waals surface area contributed by atoms with Crippen LogP contribution in [0.1, 0.15) is 12.1 Å². The first-order valence-corrected chi connectivity index (χ1v) is 6.08. The van der Waals surface area contributed by atoms with Crippen molar-refractivity contribution in [2.75, 3.05) is 18.9 Å². The second-order valence-electron chi connectivity index (χ2n) is 4.32. The van der Waals surface area contributed by atoms with Crippen LogP contribution in [0.3, 0.4) is 0 Å². The zero-order valence-electron chi connectivity index (χ0n) is 11.0. The van der Waals surface area contributed by atoms with Gasteiger partial charge < -0.3 is 26.4 Å². The summed E-state index contributed by atoms with van der Waals surface area (Å²) in [5.41, 5.74) is 9.17. The number of aliphatic hydroxyl groups excluding tert-OH is 2. The van der Waals surface area contributed by atoms with Gasteiger partial charge in [0.2, 0.25) is 0 Å². The van der Waals surface area contributed by atoms with Crippen molar-refractivity contribution < 1.29 is 28.1 Å². The van der Waals surface area contributed by atoms with Gasteiger partial charge in [0.25, 0.3) is 0 Å². The average molecular weight is 310 g/mol. The molecule has 1 aromatic rings. The molecule has 1 saturated heterocycles. The van der Waals surface area contributed by atoms with Gasteiger partial charge in [0.1, 0.15) is 11.9 Å². The highest BCUT2D eigenvalue weighted by Gasteiger charge is 2.33. The standard InChI is InChI=1S/C6H13NO3.C5H4F3N3/c7-3-5-6(9)4(8)1-2-10-5;6-5(7,8)3-1-10-2-4(9)11-3/h4-6,8-9H,1-3,7H2;1-2H,(H2,9,11). The van der Waals surface area contributed by atoms with Crippen LogP contribution in [0.4, 0.5) is 19.0 Å². The Morgan fingerprint density at radius 3 is 2.43 bits per heavy atom. The molecule has 3 unspecified atom stereocenters.